The summed E-state index contributed by atoms with van der Waals surface area (Å²) < 4.78 is 13.1. The summed E-state index contributed by atoms with van der Waals surface area (Å²) in [5.41, 5.74) is 3.93. The van der Waals surface area contributed by atoms with Crippen molar-refractivity contribution in [1.82, 2.24) is 0 Å². The van der Waals surface area contributed by atoms with Crippen LogP contribution < -0.4 is 5.73 Å². The normalized spacial score (nSPS) is 25.3. The Kier molecular flexibility index (Phi) is 1.52. The largest absolute Gasteiger partial charge is 0.321 e. The lowest BCUT2D eigenvalue weighted by atomic mass is 9.88. The van der Waals surface area contributed by atoms with E-state index in [1.165, 1.54) is 0 Å². The van der Waals surface area contributed by atoms with Crippen molar-refractivity contribution in [2.75, 3.05) is 11.5 Å². The number of halogens is 1. The summed E-state index contributed by atoms with van der Waals surface area (Å²) in [4.78, 5) is 0. The molecular weight excluding hydrogens is 137 g/mol. The number of rotatable bonds is 1. The summed E-state index contributed by atoms with van der Waals surface area (Å²) in [5, 5.41) is 0. The van der Waals surface area contributed by atoms with Gasteiger partial charge in [-0.3, -0.25) is 0 Å². The summed E-state index contributed by atoms with van der Waals surface area (Å²) in [7, 11) is 0. The van der Waals surface area contributed by atoms with Crippen molar-refractivity contribution in [2.45, 2.75) is 25.1 Å². The average molecular weight is 149 g/mol. The molecule has 0 aliphatic carbocycles. The second-order valence-corrected chi connectivity index (χ2v) is 4.11. The predicted octanol–water partition coefficient (Wildman–Crippen LogP) is 1.18. The van der Waals surface area contributed by atoms with Gasteiger partial charge in [0.05, 0.1) is 5.54 Å². The third kappa shape index (κ3) is 1.08. The van der Waals surface area contributed by atoms with Crippen LogP contribution in [-0.4, -0.2) is 22.7 Å². The SMILES string of the molecule is CC(C)(F)C1(N)CSC1. The van der Waals surface area contributed by atoms with Gasteiger partial charge in [-0.05, 0) is 13.8 Å². The molecule has 1 heterocycles. The number of hydrogen-bond acceptors (Lipinski definition) is 2. The zero-order valence-electron chi connectivity index (χ0n) is 5.78. The Bertz CT molecular complexity index is 115. The lowest BCUT2D eigenvalue weighted by Crippen LogP contribution is -2.64. The van der Waals surface area contributed by atoms with E-state index >= 15 is 0 Å². The van der Waals surface area contributed by atoms with Gasteiger partial charge in [0.2, 0.25) is 0 Å². The molecule has 9 heavy (non-hydrogen) atoms. The molecule has 0 bridgehead atoms. The third-order valence-electron chi connectivity index (χ3n) is 1.90. The number of hydrogen-bond donors (Lipinski definition) is 1. The number of alkyl halides is 1. The zero-order chi connectivity index (χ0) is 7.12. The van der Waals surface area contributed by atoms with E-state index in [2.05, 4.69) is 0 Å². The third-order valence-corrected chi connectivity index (χ3v) is 3.34. The van der Waals surface area contributed by atoms with E-state index in [9.17, 15) is 4.39 Å². The van der Waals surface area contributed by atoms with E-state index in [0.717, 1.165) is 11.5 Å². The molecule has 2 N–H and O–H groups in total. The topological polar surface area (TPSA) is 26.0 Å². The molecule has 1 aliphatic rings. The Morgan fingerprint density at radius 2 is 2.00 bits per heavy atom. The minimum absolute atomic E-state index is 0.544. The molecule has 0 atom stereocenters. The highest BCUT2D eigenvalue weighted by molar-refractivity contribution is 8.00. The molecule has 1 nitrogen and oxygen atoms in total. The van der Waals surface area contributed by atoms with Gasteiger partial charge >= 0.3 is 0 Å². The van der Waals surface area contributed by atoms with E-state index in [1.54, 1.807) is 25.6 Å². The summed E-state index contributed by atoms with van der Waals surface area (Å²) >= 11 is 1.71. The van der Waals surface area contributed by atoms with Crippen LogP contribution in [0.2, 0.25) is 0 Å². The first-order chi connectivity index (χ1) is 3.96. The van der Waals surface area contributed by atoms with Crippen LogP contribution in [0.3, 0.4) is 0 Å². The summed E-state index contributed by atoms with van der Waals surface area (Å²) in [6, 6.07) is 0. The highest BCUT2D eigenvalue weighted by Gasteiger charge is 2.47. The number of nitrogens with two attached hydrogens (primary N) is 1. The van der Waals surface area contributed by atoms with Crippen LogP contribution >= 0.6 is 11.8 Å². The van der Waals surface area contributed by atoms with Crippen molar-refractivity contribution in [3.63, 3.8) is 0 Å². The van der Waals surface area contributed by atoms with Gasteiger partial charge in [0.25, 0.3) is 0 Å². The van der Waals surface area contributed by atoms with Crippen molar-refractivity contribution in [1.29, 1.82) is 0 Å². The first kappa shape index (κ1) is 7.35. The summed E-state index contributed by atoms with van der Waals surface area (Å²) in [6.07, 6.45) is 0. The standard InChI is InChI=1S/C6H12FNS/c1-5(2,7)6(8)3-9-4-6/h3-4,8H2,1-2H3. The van der Waals surface area contributed by atoms with Gasteiger partial charge < -0.3 is 5.73 Å². The summed E-state index contributed by atoms with van der Waals surface area (Å²) in [5.74, 6) is 1.52. The van der Waals surface area contributed by atoms with Crippen molar-refractivity contribution in [3.05, 3.63) is 0 Å². The van der Waals surface area contributed by atoms with E-state index in [0.29, 0.717) is 0 Å². The fourth-order valence-electron chi connectivity index (χ4n) is 0.665. The molecule has 1 aliphatic heterocycles. The second kappa shape index (κ2) is 1.86. The fourth-order valence-corrected chi connectivity index (χ4v) is 2.00. The first-order valence-corrected chi connectivity index (χ1v) is 4.17. The molecule has 3 heteroatoms. The molecule has 0 radical (unpaired) electrons. The lowest BCUT2D eigenvalue weighted by Gasteiger charge is -2.44. The molecule has 0 saturated carbocycles. The minimum Gasteiger partial charge on any atom is -0.321 e. The molecular formula is C6H12FNS. The average Bonchev–Trinajstić information content (AvgIpc) is 1.57. The zero-order valence-corrected chi connectivity index (χ0v) is 6.59. The van der Waals surface area contributed by atoms with Gasteiger partial charge in [0.15, 0.2) is 0 Å². The Labute approximate surface area is 59.2 Å². The van der Waals surface area contributed by atoms with Gasteiger partial charge in [-0.15, -0.1) is 0 Å². The Morgan fingerprint density at radius 1 is 1.56 bits per heavy atom. The maximum Gasteiger partial charge on any atom is 0.124 e. The van der Waals surface area contributed by atoms with Crippen LogP contribution in [0.25, 0.3) is 0 Å². The maximum atomic E-state index is 13.1. The summed E-state index contributed by atoms with van der Waals surface area (Å²) in [6.45, 7) is 3.10. The molecule has 1 saturated heterocycles. The Morgan fingerprint density at radius 3 is 2.00 bits per heavy atom. The Hall–Kier alpha value is 0.240. The highest BCUT2D eigenvalue weighted by Crippen LogP contribution is 2.37. The molecule has 1 rings (SSSR count). The molecule has 54 valence electrons. The first-order valence-electron chi connectivity index (χ1n) is 3.01. The van der Waals surface area contributed by atoms with Crippen LogP contribution in [0.1, 0.15) is 13.8 Å². The molecule has 0 aromatic carbocycles. The fraction of sp³-hybridized carbons (Fsp3) is 1.00. The molecule has 0 spiro atoms. The van der Waals surface area contributed by atoms with Crippen LogP contribution in [0.15, 0.2) is 0 Å². The van der Waals surface area contributed by atoms with Crippen LogP contribution in [-0.2, 0) is 0 Å². The van der Waals surface area contributed by atoms with Crippen LogP contribution in [0.4, 0.5) is 4.39 Å². The van der Waals surface area contributed by atoms with Crippen molar-refractivity contribution < 1.29 is 4.39 Å². The molecule has 0 unspecified atom stereocenters. The number of thioether (sulfide) groups is 1. The lowest BCUT2D eigenvalue weighted by molar-refractivity contribution is 0.118. The predicted molar refractivity (Wildman–Crippen MR) is 39.4 cm³/mol. The quantitative estimate of drug-likeness (QED) is 0.606. The van der Waals surface area contributed by atoms with Gasteiger partial charge in [-0.25, -0.2) is 4.39 Å². The molecule has 1 fully saturated rings. The van der Waals surface area contributed by atoms with Crippen molar-refractivity contribution in [3.8, 4) is 0 Å². The Balaban J connectivity index is 2.59. The second-order valence-electron chi connectivity index (χ2n) is 3.12. The van der Waals surface area contributed by atoms with Crippen molar-refractivity contribution >= 4 is 11.8 Å². The van der Waals surface area contributed by atoms with Gasteiger partial charge in [-0.2, -0.15) is 11.8 Å². The maximum absolute atomic E-state index is 13.1. The van der Waals surface area contributed by atoms with Gasteiger partial charge in [0, 0.05) is 11.5 Å². The van der Waals surface area contributed by atoms with E-state index in [4.69, 9.17) is 5.73 Å². The molecule has 0 aromatic rings. The van der Waals surface area contributed by atoms with E-state index in [-0.39, 0.29) is 0 Å². The molecule has 0 aromatic heterocycles. The van der Waals surface area contributed by atoms with Crippen molar-refractivity contribution in [2.24, 2.45) is 5.73 Å². The van der Waals surface area contributed by atoms with Gasteiger partial charge in [-0.1, -0.05) is 0 Å². The molecule has 0 amide bonds. The van der Waals surface area contributed by atoms with Crippen LogP contribution in [0, 0.1) is 0 Å². The smallest absolute Gasteiger partial charge is 0.124 e. The van der Waals surface area contributed by atoms with Crippen LogP contribution in [0.5, 0.6) is 0 Å². The van der Waals surface area contributed by atoms with E-state index < -0.39 is 11.2 Å². The minimum atomic E-state index is -1.21. The van der Waals surface area contributed by atoms with E-state index in [1.807, 2.05) is 0 Å². The van der Waals surface area contributed by atoms with Gasteiger partial charge in [0.1, 0.15) is 5.67 Å². The highest BCUT2D eigenvalue weighted by atomic mass is 32.2. The monoisotopic (exact) mass is 149 g/mol.